The van der Waals surface area contributed by atoms with Crippen LogP contribution in [0.2, 0.25) is 10.0 Å². The third-order valence-corrected chi connectivity index (χ3v) is 2.25. The van der Waals surface area contributed by atoms with Gasteiger partial charge in [0.25, 0.3) is 0 Å². The molecule has 0 radical (unpaired) electrons. The molecule has 1 aromatic rings. The molecule has 0 aliphatic carbocycles. The van der Waals surface area contributed by atoms with Crippen LogP contribution in [0, 0.1) is 0 Å². The lowest BCUT2D eigenvalue weighted by atomic mass is 10.1. The topological polar surface area (TPSA) is 46.2 Å². The monoisotopic (exact) mass is 217 g/mol. The van der Waals surface area contributed by atoms with Gasteiger partial charge in [0.05, 0.1) is 10.0 Å². The minimum absolute atomic E-state index is 0.122. The first kappa shape index (κ1) is 10.4. The van der Waals surface area contributed by atoms with E-state index in [0.717, 1.165) is 5.56 Å². The van der Waals surface area contributed by atoms with E-state index in [2.05, 4.69) is 6.58 Å². The van der Waals surface area contributed by atoms with Crippen LogP contribution in [0.3, 0.4) is 0 Å². The SMILES string of the molecule is C=CC(N)c1cc(Cl)c(O)c(Cl)c1. The number of phenolic OH excluding ortho intramolecular Hbond substituents is 1. The number of hydrogen-bond acceptors (Lipinski definition) is 2. The Morgan fingerprint density at radius 3 is 2.23 bits per heavy atom. The van der Waals surface area contributed by atoms with Crippen LogP contribution in [0.4, 0.5) is 0 Å². The van der Waals surface area contributed by atoms with Crippen LogP contribution >= 0.6 is 23.2 Å². The van der Waals surface area contributed by atoms with Gasteiger partial charge in [-0.2, -0.15) is 0 Å². The molecule has 3 N–H and O–H groups in total. The van der Waals surface area contributed by atoms with Crippen molar-refractivity contribution in [3.63, 3.8) is 0 Å². The van der Waals surface area contributed by atoms with Gasteiger partial charge in [0.2, 0.25) is 0 Å². The molecule has 2 nitrogen and oxygen atoms in total. The molecule has 0 aromatic heterocycles. The summed E-state index contributed by atoms with van der Waals surface area (Å²) in [5.74, 6) is -0.122. The van der Waals surface area contributed by atoms with Crippen molar-refractivity contribution < 1.29 is 5.11 Å². The molecule has 0 saturated carbocycles. The number of phenols is 1. The summed E-state index contributed by atoms with van der Waals surface area (Å²) in [6, 6.07) is 2.81. The Morgan fingerprint density at radius 2 is 1.85 bits per heavy atom. The van der Waals surface area contributed by atoms with E-state index in [1.54, 1.807) is 18.2 Å². The number of benzene rings is 1. The zero-order valence-electron chi connectivity index (χ0n) is 6.80. The fourth-order valence-corrected chi connectivity index (χ4v) is 1.42. The third kappa shape index (κ3) is 2.15. The van der Waals surface area contributed by atoms with Crippen LogP contribution in [0.1, 0.15) is 11.6 Å². The molecule has 0 fully saturated rings. The third-order valence-electron chi connectivity index (χ3n) is 1.68. The smallest absolute Gasteiger partial charge is 0.152 e. The van der Waals surface area contributed by atoms with Crippen molar-refractivity contribution in [1.82, 2.24) is 0 Å². The highest BCUT2D eigenvalue weighted by Crippen LogP contribution is 2.34. The van der Waals surface area contributed by atoms with E-state index in [0.29, 0.717) is 0 Å². The molecule has 0 amide bonds. The van der Waals surface area contributed by atoms with Crippen molar-refractivity contribution in [1.29, 1.82) is 0 Å². The van der Waals surface area contributed by atoms with E-state index < -0.39 is 0 Å². The Labute approximate surface area is 86.6 Å². The van der Waals surface area contributed by atoms with Crippen LogP contribution in [-0.4, -0.2) is 5.11 Å². The molecular formula is C9H9Cl2NO. The molecule has 4 heteroatoms. The Kier molecular flexibility index (Phi) is 3.20. The first-order chi connectivity index (χ1) is 6.06. The highest BCUT2D eigenvalue weighted by atomic mass is 35.5. The lowest BCUT2D eigenvalue weighted by Gasteiger charge is -2.08. The van der Waals surface area contributed by atoms with Crippen LogP contribution in [0.15, 0.2) is 24.8 Å². The number of hydrogen-bond donors (Lipinski definition) is 2. The van der Waals surface area contributed by atoms with Crippen molar-refractivity contribution in [3.8, 4) is 5.75 Å². The quantitative estimate of drug-likeness (QED) is 0.749. The van der Waals surface area contributed by atoms with Crippen LogP contribution in [0.5, 0.6) is 5.75 Å². The average molecular weight is 218 g/mol. The molecule has 0 spiro atoms. The Morgan fingerprint density at radius 1 is 1.38 bits per heavy atom. The maximum Gasteiger partial charge on any atom is 0.152 e. The maximum absolute atomic E-state index is 9.25. The Balaban J connectivity index is 3.20. The summed E-state index contributed by atoms with van der Waals surface area (Å²) in [5, 5.41) is 9.64. The van der Waals surface area contributed by atoms with Gasteiger partial charge in [-0.05, 0) is 17.7 Å². The molecule has 1 rings (SSSR count). The van der Waals surface area contributed by atoms with E-state index in [9.17, 15) is 5.11 Å². The van der Waals surface area contributed by atoms with Crippen LogP contribution < -0.4 is 5.73 Å². The predicted molar refractivity (Wildman–Crippen MR) is 55.3 cm³/mol. The van der Waals surface area contributed by atoms with E-state index in [4.69, 9.17) is 28.9 Å². The first-order valence-corrected chi connectivity index (χ1v) is 4.38. The summed E-state index contributed by atoms with van der Waals surface area (Å²) in [6.07, 6.45) is 1.57. The Bertz CT molecular complexity index is 315. The van der Waals surface area contributed by atoms with Gasteiger partial charge in [-0.15, -0.1) is 6.58 Å². The molecule has 1 aromatic carbocycles. The molecule has 1 atom stereocenters. The molecule has 0 heterocycles. The van der Waals surface area contributed by atoms with Crippen LogP contribution in [-0.2, 0) is 0 Å². The highest BCUT2D eigenvalue weighted by molar-refractivity contribution is 6.37. The fourth-order valence-electron chi connectivity index (χ4n) is 0.914. The minimum atomic E-state index is -0.324. The van der Waals surface area contributed by atoms with Gasteiger partial charge in [0.1, 0.15) is 0 Å². The van der Waals surface area contributed by atoms with Crippen LogP contribution in [0.25, 0.3) is 0 Å². The molecule has 0 saturated heterocycles. The van der Waals surface area contributed by atoms with Gasteiger partial charge in [-0.3, -0.25) is 0 Å². The normalized spacial score (nSPS) is 12.5. The van der Waals surface area contributed by atoms with Gasteiger partial charge >= 0.3 is 0 Å². The van der Waals surface area contributed by atoms with Crippen molar-refractivity contribution in [2.24, 2.45) is 5.73 Å². The fraction of sp³-hybridized carbons (Fsp3) is 0.111. The zero-order valence-corrected chi connectivity index (χ0v) is 8.31. The zero-order chi connectivity index (χ0) is 10.0. The largest absolute Gasteiger partial charge is 0.505 e. The molecule has 70 valence electrons. The van der Waals surface area contributed by atoms with Crippen molar-refractivity contribution in [2.45, 2.75) is 6.04 Å². The summed E-state index contributed by atoms with van der Waals surface area (Å²) < 4.78 is 0. The summed E-state index contributed by atoms with van der Waals surface area (Å²) in [6.45, 7) is 3.55. The van der Waals surface area contributed by atoms with Gasteiger partial charge in [0.15, 0.2) is 5.75 Å². The molecule has 0 aliphatic heterocycles. The number of rotatable bonds is 2. The summed E-state index contributed by atoms with van der Waals surface area (Å²) in [4.78, 5) is 0. The lowest BCUT2D eigenvalue weighted by molar-refractivity contribution is 0.475. The van der Waals surface area contributed by atoms with Gasteiger partial charge in [-0.1, -0.05) is 29.3 Å². The second kappa shape index (κ2) is 4.01. The van der Waals surface area contributed by atoms with E-state index >= 15 is 0 Å². The number of aromatic hydroxyl groups is 1. The van der Waals surface area contributed by atoms with E-state index in [1.807, 2.05) is 0 Å². The average Bonchev–Trinajstić information content (AvgIpc) is 2.12. The van der Waals surface area contributed by atoms with Gasteiger partial charge < -0.3 is 10.8 Å². The molecular weight excluding hydrogens is 209 g/mol. The van der Waals surface area contributed by atoms with E-state index in [1.165, 1.54) is 0 Å². The summed E-state index contributed by atoms with van der Waals surface area (Å²) in [7, 11) is 0. The standard InChI is InChI=1S/C9H9Cl2NO/c1-2-8(12)5-3-6(10)9(13)7(11)4-5/h2-4,8,13H,1,12H2. The molecule has 13 heavy (non-hydrogen) atoms. The van der Waals surface area contributed by atoms with Gasteiger partial charge in [-0.25, -0.2) is 0 Å². The maximum atomic E-state index is 9.25. The lowest BCUT2D eigenvalue weighted by Crippen LogP contribution is -2.06. The molecule has 0 bridgehead atoms. The second-order valence-electron chi connectivity index (χ2n) is 2.59. The highest BCUT2D eigenvalue weighted by Gasteiger charge is 2.09. The van der Waals surface area contributed by atoms with Crippen molar-refractivity contribution in [2.75, 3.05) is 0 Å². The second-order valence-corrected chi connectivity index (χ2v) is 3.41. The van der Waals surface area contributed by atoms with Crippen molar-refractivity contribution in [3.05, 3.63) is 40.4 Å². The van der Waals surface area contributed by atoms with E-state index in [-0.39, 0.29) is 21.8 Å². The van der Waals surface area contributed by atoms with Crippen molar-refractivity contribution >= 4 is 23.2 Å². The first-order valence-electron chi connectivity index (χ1n) is 3.62. The minimum Gasteiger partial charge on any atom is -0.505 e. The summed E-state index contributed by atoms with van der Waals surface area (Å²) >= 11 is 11.4. The van der Waals surface area contributed by atoms with Gasteiger partial charge in [0, 0.05) is 6.04 Å². The molecule has 0 aliphatic rings. The number of halogens is 2. The Hall–Kier alpha value is -0.700. The predicted octanol–water partition coefficient (Wildman–Crippen LogP) is 2.88. The summed E-state index contributed by atoms with van der Waals surface area (Å²) in [5.41, 5.74) is 6.39. The molecule has 1 unspecified atom stereocenters. The number of nitrogens with two attached hydrogens (primary N) is 1.